The number of hydrogen-bond donors (Lipinski definition) is 0. The zero-order valence-corrected chi connectivity index (χ0v) is 10.2. The van der Waals surface area contributed by atoms with E-state index in [2.05, 4.69) is 0 Å². The maximum absolute atomic E-state index is 13.7. The van der Waals surface area contributed by atoms with E-state index in [1.807, 2.05) is 6.07 Å². The number of nitro groups is 1. The molecule has 0 spiro atoms. The Labute approximate surface area is 107 Å². The number of hydrogen-bond acceptors (Lipinski definition) is 4. The van der Waals surface area contributed by atoms with Crippen LogP contribution in [0.25, 0.3) is 0 Å². The zero-order valence-electron chi connectivity index (χ0n) is 9.34. The molecule has 94 valence electrons. The molecule has 0 aliphatic carbocycles. The van der Waals surface area contributed by atoms with Crippen LogP contribution in [0.15, 0.2) is 41.0 Å². The molecule has 1 aromatic heterocycles. The van der Waals surface area contributed by atoms with Crippen molar-refractivity contribution in [2.45, 2.75) is 11.5 Å². The van der Waals surface area contributed by atoms with E-state index < -0.39 is 16.4 Å². The molecule has 0 amide bonds. The van der Waals surface area contributed by atoms with Gasteiger partial charge < -0.3 is 4.42 Å². The Balaban J connectivity index is 2.01. The van der Waals surface area contributed by atoms with E-state index >= 15 is 0 Å². The highest BCUT2D eigenvalue weighted by molar-refractivity contribution is 7.97. The van der Waals surface area contributed by atoms with E-state index in [1.165, 1.54) is 17.8 Å². The standard InChI is InChI=1S/C12H10FNO3S/c13-12-9(3-1-5-11(12)14(15)16)7-18-8-10-4-2-6-17-10/h1-6H,7-8H2. The summed E-state index contributed by atoms with van der Waals surface area (Å²) in [5.41, 5.74) is -0.146. The van der Waals surface area contributed by atoms with Crippen molar-refractivity contribution in [3.8, 4) is 0 Å². The summed E-state index contributed by atoms with van der Waals surface area (Å²) < 4.78 is 18.9. The lowest BCUT2D eigenvalue weighted by Crippen LogP contribution is -1.96. The van der Waals surface area contributed by atoms with E-state index in [4.69, 9.17) is 4.42 Å². The molecule has 0 radical (unpaired) electrons. The van der Waals surface area contributed by atoms with Crippen LogP contribution in [-0.4, -0.2) is 4.92 Å². The molecule has 0 aliphatic heterocycles. The van der Waals surface area contributed by atoms with Gasteiger partial charge in [-0.15, -0.1) is 11.8 Å². The first-order valence-electron chi connectivity index (χ1n) is 5.20. The third-order valence-electron chi connectivity index (χ3n) is 2.34. The highest BCUT2D eigenvalue weighted by Gasteiger charge is 2.16. The molecule has 0 N–H and O–H groups in total. The number of nitrogens with zero attached hydrogens (tertiary/aromatic N) is 1. The minimum absolute atomic E-state index is 0.334. The summed E-state index contributed by atoms with van der Waals surface area (Å²) in [5.74, 6) is 1.02. The first-order valence-corrected chi connectivity index (χ1v) is 6.36. The largest absolute Gasteiger partial charge is 0.468 e. The fourth-order valence-corrected chi connectivity index (χ4v) is 2.39. The Morgan fingerprint density at radius 1 is 1.28 bits per heavy atom. The second-order valence-corrected chi connectivity index (χ2v) is 4.57. The lowest BCUT2D eigenvalue weighted by molar-refractivity contribution is -0.387. The second-order valence-electron chi connectivity index (χ2n) is 3.58. The van der Waals surface area contributed by atoms with Crippen molar-refractivity contribution in [3.05, 3.63) is 63.9 Å². The highest BCUT2D eigenvalue weighted by Crippen LogP contribution is 2.25. The first kappa shape index (κ1) is 12.6. The van der Waals surface area contributed by atoms with Crippen LogP contribution in [0.5, 0.6) is 0 Å². The molecule has 0 bridgehead atoms. The molecule has 4 nitrogen and oxygen atoms in total. The third kappa shape index (κ3) is 2.89. The van der Waals surface area contributed by atoms with Gasteiger partial charge in [0.2, 0.25) is 5.82 Å². The van der Waals surface area contributed by atoms with Gasteiger partial charge in [0.05, 0.1) is 16.9 Å². The van der Waals surface area contributed by atoms with Crippen LogP contribution in [0.3, 0.4) is 0 Å². The van der Waals surface area contributed by atoms with Crippen molar-refractivity contribution in [1.29, 1.82) is 0 Å². The molecule has 0 saturated carbocycles. The Hall–Kier alpha value is -1.82. The van der Waals surface area contributed by atoms with E-state index in [0.29, 0.717) is 17.1 Å². The Bertz CT molecular complexity index is 542. The molecule has 0 fully saturated rings. The van der Waals surface area contributed by atoms with Gasteiger partial charge in [0.25, 0.3) is 0 Å². The monoisotopic (exact) mass is 267 g/mol. The summed E-state index contributed by atoms with van der Waals surface area (Å²) >= 11 is 1.44. The molecular weight excluding hydrogens is 257 g/mol. The molecule has 1 aromatic carbocycles. The number of nitro benzene ring substituents is 1. The van der Waals surface area contributed by atoms with Crippen molar-refractivity contribution < 1.29 is 13.7 Å². The maximum atomic E-state index is 13.7. The minimum Gasteiger partial charge on any atom is -0.468 e. The minimum atomic E-state index is -0.755. The van der Waals surface area contributed by atoms with Crippen LogP contribution < -0.4 is 0 Å². The lowest BCUT2D eigenvalue weighted by Gasteiger charge is -2.02. The smallest absolute Gasteiger partial charge is 0.305 e. The number of thioether (sulfide) groups is 1. The highest BCUT2D eigenvalue weighted by atomic mass is 32.2. The lowest BCUT2D eigenvalue weighted by atomic mass is 10.2. The van der Waals surface area contributed by atoms with E-state index in [0.717, 1.165) is 11.8 Å². The average molecular weight is 267 g/mol. The van der Waals surface area contributed by atoms with Gasteiger partial charge in [-0.3, -0.25) is 10.1 Å². The van der Waals surface area contributed by atoms with Crippen LogP contribution >= 0.6 is 11.8 Å². The molecule has 0 aliphatic rings. The zero-order chi connectivity index (χ0) is 13.0. The van der Waals surface area contributed by atoms with Crippen LogP contribution in [-0.2, 0) is 11.5 Å². The van der Waals surface area contributed by atoms with Crippen molar-refractivity contribution in [3.63, 3.8) is 0 Å². The van der Waals surface area contributed by atoms with E-state index in [1.54, 1.807) is 18.4 Å². The molecule has 0 unspecified atom stereocenters. The Morgan fingerprint density at radius 2 is 2.11 bits per heavy atom. The van der Waals surface area contributed by atoms with Gasteiger partial charge in [0, 0.05) is 17.4 Å². The summed E-state index contributed by atoms with van der Waals surface area (Å²) in [6.45, 7) is 0. The molecule has 0 saturated heterocycles. The first-order chi connectivity index (χ1) is 8.68. The van der Waals surface area contributed by atoms with Gasteiger partial charge in [-0.1, -0.05) is 12.1 Å². The van der Waals surface area contributed by atoms with Gasteiger partial charge in [0.1, 0.15) is 5.76 Å². The molecule has 2 aromatic rings. The summed E-state index contributed by atoms with van der Waals surface area (Å²) in [5, 5.41) is 10.6. The number of furan rings is 1. The predicted octanol–water partition coefficient (Wildman–Crippen LogP) is 3.76. The fourth-order valence-electron chi connectivity index (χ4n) is 1.48. The molecule has 2 rings (SSSR count). The summed E-state index contributed by atoms with van der Waals surface area (Å²) in [7, 11) is 0. The van der Waals surface area contributed by atoms with Gasteiger partial charge in [-0.25, -0.2) is 0 Å². The van der Waals surface area contributed by atoms with Crippen molar-refractivity contribution >= 4 is 17.4 Å². The Morgan fingerprint density at radius 3 is 2.78 bits per heavy atom. The van der Waals surface area contributed by atoms with Crippen molar-refractivity contribution in [2.75, 3.05) is 0 Å². The van der Waals surface area contributed by atoms with Crippen LogP contribution in [0.2, 0.25) is 0 Å². The van der Waals surface area contributed by atoms with Gasteiger partial charge in [-0.05, 0) is 12.1 Å². The second kappa shape index (κ2) is 5.68. The number of halogens is 1. The summed E-state index contributed by atoms with van der Waals surface area (Å²) in [4.78, 5) is 9.87. The molecule has 6 heteroatoms. The van der Waals surface area contributed by atoms with Crippen molar-refractivity contribution in [2.24, 2.45) is 0 Å². The topological polar surface area (TPSA) is 56.3 Å². The van der Waals surface area contributed by atoms with Crippen molar-refractivity contribution in [1.82, 2.24) is 0 Å². The molecular formula is C12H10FNO3S. The van der Waals surface area contributed by atoms with E-state index in [-0.39, 0.29) is 0 Å². The van der Waals surface area contributed by atoms with Gasteiger partial charge in [0.15, 0.2) is 0 Å². The van der Waals surface area contributed by atoms with Gasteiger partial charge in [-0.2, -0.15) is 4.39 Å². The summed E-state index contributed by atoms with van der Waals surface area (Å²) in [6.07, 6.45) is 1.57. The fraction of sp³-hybridized carbons (Fsp3) is 0.167. The quantitative estimate of drug-likeness (QED) is 0.611. The molecule has 18 heavy (non-hydrogen) atoms. The molecule has 1 heterocycles. The molecule has 0 atom stereocenters. The van der Waals surface area contributed by atoms with Gasteiger partial charge >= 0.3 is 5.69 Å². The SMILES string of the molecule is O=[N+]([O-])c1cccc(CSCc2ccco2)c1F. The normalized spacial score (nSPS) is 10.5. The Kier molecular flexibility index (Phi) is 3.99. The third-order valence-corrected chi connectivity index (χ3v) is 3.34. The predicted molar refractivity (Wildman–Crippen MR) is 66.8 cm³/mol. The van der Waals surface area contributed by atoms with Crippen LogP contribution in [0.4, 0.5) is 10.1 Å². The average Bonchev–Trinajstić information content (AvgIpc) is 2.84. The van der Waals surface area contributed by atoms with Crippen LogP contribution in [0, 0.1) is 15.9 Å². The summed E-state index contributed by atoms with van der Waals surface area (Å²) in [6, 6.07) is 7.82. The van der Waals surface area contributed by atoms with E-state index in [9.17, 15) is 14.5 Å². The number of rotatable bonds is 5. The van der Waals surface area contributed by atoms with Crippen LogP contribution in [0.1, 0.15) is 11.3 Å². The number of benzene rings is 1. The maximum Gasteiger partial charge on any atom is 0.305 e.